The van der Waals surface area contributed by atoms with Crippen LogP contribution in [0.25, 0.3) is 0 Å². The van der Waals surface area contributed by atoms with Crippen LogP contribution in [0.1, 0.15) is 63.5 Å². The van der Waals surface area contributed by atoms with Crippen molar-refractivity contribution in [3.63, 3.8) is 0 Å². The van der Waals surface area contributed by atoms with Gasteiger partial charge in [-0.25, -0.2) is 4.79 Å². The smallest absolute Gasteiger partial charge is 0.323 e. The number of benzene rings is 1. The number of rotatable bonds is 3. The quantitative estimate of drug-likeness (QED) is 0.862. The molecular weight excluding hydrogens is 288 g/mol. The first-order chi connectivity index (χ1) is 10.9. The zero-order chi connectivity index (χ0) is 16.6. The predicted octanol–water partition coefficient (Wildman–Crippen LogP) is 3.81. The van der Waals surface area contributed by atoms with Gasteiger partial charge in [-0.15, -0.1) is 0 Å². The second-order valence-corrected chi connectivity index (χ2v) is 7.34. The Hall–Kier alpha value is -1.84. The Morgan fingerprint density at radius 1 is 1.22 bits per heavy atom. The molecule has 3 rings (SSSR count). The molecule has 1 N–H and O–H groups in total. The number of amides is 3. The van der Waals surface area contributed by atoms with Gasteiger partial charge >= 0.3 is 6.03 Å². The van der Waals surface area contributed by atoms with Crippen LogP contribution in [0, 0.1) is 5.92 Å². The van der Waals surface area contributed by atoms with E-state index in [0.29, 0.717) is 12.5 Å². The lowest BCUT2D eigenvalue weighted by Crippen LogP contribution is -2.53. The molecule has 4 nitrogen and oxygen atoms in total. The summed E-state index contributed by atoms with van der Waals surface area (Å²) in [6.07, 6.45) is 3.92. The SMILES string of the molecule is CC(C)c1ccc(CN2C(=O)N[C@@]3(CCCC[C@@H]3C)C2=O)cc1. The van der Waals surface area contributed by atoms with E-state index in [1.807, 2.05) is 12.1 Å². The minimum absolute atomic E-state index is 0.0392. The monoisotopic (exact) mass is 314 g/mol. The van der Waals surface area contributed by atoms with Crippen molar-refractivity contribution in [2.24, 2.45) is 5.92 Å². The number of imide groups is 1. The van der Waals surface area contributed by atoms with E-state index in [0.717, 1.165) is 31.2 Å². The van der Waals surface area contributed by atoms with Crippen molar-refractivity contribution in [2.75, 3.05) is 0 Å². The number of carbonyl (C=O) groups is 2. The van der Waals surface area contributed by atoms with Gasteiger partial charge < -0.3 is 5.32 Å². The molecule has 1 aromatic carbocycles. The molecule has 0 radical (unpaired) electrons. The first-order valence-electron chi connectivity index (χ1n) is 8.67. The van der Waals surface area contributed by atoms with E-state index in [4.69, 9.17) is 0 Å². The highest BCUT2D eigenvalue weighted by Gasteiger charge is 2.54. The summed E-state index contributed by atoms with van der Waals surface area (Å²) in [5.74, 6) is 0.649. The molecule has 2 atom stereocenters. The highest BCUT2D eigenvalue weighted by molar-refractivity contribution is 6.07. The average molecular weight is 314 g/mol. The number of hydrogen-bond acceptors (Lipinski definition) is 2. The molecule has 3 amide bonds. The average Bonchev–Trinajstić information content (AvgIpc) is 2.76. The lowest BCUT2D eigenvalue weighted by molar-refractivity contribution is -0.134. The van der Waals surface area contributed by atoms with Gasteiger partial charge in [0.05, 0.1) is 6.54 Å². The fraction of sp³-hybridized carbons (Fsp3) is 0.579. The van der Waals surface area contributed by atoms with Gasteiger partial charge in [0.25, 0.3) is 5.91 Å². The lowest BCUT2D eigenvalue weighted by atomic mass is 9.73. The third-order valence-electron chi connectivity index (χ3n) is 5.49. The topological polar surface area (TPSA) is 49.4 Å². The van der Waals surface area contributed by atoms with Gasteiger partial charge in [0.15, 0.2) is 0 Å². The maximum Gasteiger partial charge on any atom is 0.325 e. The number of carbonyl (C=O) groups excluding carboxylic acids is 2. The second-order valence-electron chi connectivity index (χ2n) is 7.34. The van der Waals surface area contributed by atoms with Gasteiger partial charge in [-0.1, -0.05) is 57.9 Å². The van der Waals surface area contributed by atoms with Gasteiger partial charge in [0, 0.05) is 0 Å². The predicted molar refractivity (Wildman–Crippen MR) is 90.0 cm³/mol. The van der Waals surface area contributed by atoms with E-state index < -0.39 is 5.54 Å². The van der Waals surface area contributed by atoms with Crippen LogP contribution < -0.4 is 5.32 Å². The number of nitrogens with one attached hydrogen (secondary N) is 1. The number of urea groups is 1. The molecule has 23 heavy (non-hydrogen) atoms. The molecule has 1 aromatic rings. The van der Waals surface area contributed by atoms with Crippen molar-refractivity contribution >= 4 is 11.9 Å². The second kappa shape index (κ2) is 5.99. The van der Waals surface area contributed by atoms with Crippen LogP contribution in [-0.4, -0.2) is 22.4 Å². The first-order valence-corrected chi connectivity index (χ1v) is 8.67. The van der Waals surface area contributed by atoms with E-state index in [-0.39, 0.29) is 17.9 Å². The third-order valence-corrected chi connectivity index (χ3v) is 5.49. The van der Waals surface area contributed by atoms with E-state index in [2.05, 4.69) is 38.2 Å². The largest absolute Gasteiger partial charge is 0.325 e. The number of hydrogen-bond donors (Lipinski definition) is 1. The molecule has 1 saturated carbocycles. The van der Waals surface area contributed by atoms with E-state index in [9.17, 15) is 9.59 Å². The van der Waals surface area contributed by atoms with Gasteiger partial charge in [0.2, 0.25) is 0 Å². The summed E-state index contributed by atoms with van der Waals surface area (Å²) in [6.45, 7) is 6.75. The van der Waals surface area contributed by atoms with Crippen molar-refractivity contribution in [2.45, 2.75) is 64.5 Å². The van der Waals surface area contributed by atoms with Gasteiger partial charge in [0.1, 0.15) is 5.54 Å². The Labute approximate surface area is 138 Å². The minimum atomic E-state index is -0.660. The van der Waals surface area contributed by atoms with Crippen LogP contribution in [-0.2, 0) is 11.3 Å². The molecule has 1 aliphatic heterocycles. The zero-order valence-corrected chi connectivity index (χ0v) is 14.3. The fourth-order valence-corrected chi connectivity index (χ4v) is 3.83. The summed E-state index contributed by atoms with van der Waals surface area (Å²) in [6, 6.07) is 7.96. The number of nitrogens with zero attached hydrogens (tertiary/aromatic N) is 1. The maximum absolute atomic E-state index is 12.9. The molecule has 0 bridgehead atoms. The van der Waals surface area contributed by atoms with Gasteiger partial charge in [-0.2, -0.15) is 0 Å². The van der Waals surface area contributed by atoms with Crippen LogP contribution in [0.4, 0.5) is 4.79 Å². The highest BCUT2D eigenvalue weighted by Crippen LogP contribution is 2.38. The molecule has 1 aliphatic carbocycles. The Bertz CT molecular complexity index is 608. The molecule has 124 valence electrons. The molecule has 2 fully saturated rings. The molecule has 0 unspecified atom stereocenters. The highest BCUT2D eigenvalue weighted by atomic mass is 16.2. The van der Waals surface area contributed by atoms with Crippen LogP contribution in [0.5, 0.6) is 0 Å². The molecule has 4 heteroatoms. The maximum atomic E-state index is 12.9. The van der Waals surface area contributed by atoms with Gasteiger partial charge in [-0.05, 0) is 35.8 Å². The summed E-state index contributed by atoms with van der Waals surface area (Å²) in [5.41, 5.74) is 1.61. The van der Waals surface area contributed by atoms with E-state index in [1.54, 1.807) is 0 Å². The minimum Gasteiger partial charge on any atom is -0.323 e. The Morgan fingerprint density at radius 2 is 1.91 bits per heavy atom. The first kappa shape index (κ1) is 16.0. The molecule has 0 aromatic heterocycles. The molecule has 2 aliphatic rings. The van der Waals surface area contributed by atoms with Gasteiger partial charge in [-0.3, -0.25) is 9.69 Å². The van der Waals surface area contributed by atoms with E-state index in [1.165, 1.54) is 10.5 Å². The molecule has 1 heterocycles. The summed E-state index contributed by atoms with van der Waals surface area (Å²) < 4.78 is 0. The summed E-state index contributed by atoms with van der Waals surface area (Å²) >= 11 is 0. The van der Waals surface area contributed by atoms with E-state index >= 15 is 0 Å². The zero-order valence-electron chi connectivity index (χ0n) is 14.3. The van der Waals surface area contributed by atoms with Crippen molar-refractivity contribution in [1.29, 1.82) is 0 Å². The van der Waals surface area contributed by atoms with Crippen LogP contribution in [0.3, 0.4) is 0 Å². The third kappa shape index (κ3) is 2.75. The van der Waals surface area contributed by atoms with Crippen LogP contribution in [0.15, 0.2) is 24.3 Å². The van der Waals surface area contributed by atoms with Crippen molar-refractivity contribution < 1.29 is 9.59 Å². The van der Waals surface area contributed by atoms with Crippen LogP contribution in [0.2, 0.25) is 0 Å². The van der Waals surface area contributed by atoms with Crippen molar-refractivity contribution in [3.05, 3.63) is 35.4 Å². The van der Waals surface area contributed by atoms with Crippen LogP contribution >= 0.6 is 0 Å². The normalized spacial score (nSPS) is 27.8. The summed E-state index contributed by atoms with van der Waals surface area (Å²) in [5, 5.41) is 3.01. The van der Waals surface area contributed by atoms with Crippen molar-refractivity contribution in [1.82, 2.24) is 10.2 Å². The fourth-order valence-electron chi connectivity index (χ4n) is 3.83. The molecular formula is C19H26N2O2. The lowest BCUT2D eigenvalue weighted by Gasteiger charge is -2.36. The standard InChI is InChI=1S/C19H26N2O2/c1-13(2)16-9-7-15(8-10-16)12-21-17(22)19(20-18(21)23)11-5-4-6-14(19)3/h7-10,13-14H,4-6,11-12H2,1-3H3,(H,20,23)/t14-,19+/m0/s1. The molecule has 1 saturated heterocycles. The molecule has 1 spiro atoms. The Kier molecular flexibility index (Phi) is 4.17. The summed E-state index contributed by atoms with van der Waals surface area (Å²) in [7, 11) is 0. The van der Waals surface area contributed by atoms with Crippen molar-refractivity contribution in [3.8, 4) is 0 Å². The summed E-state index contributed by atoms with van der Waals surface area (Å²) in [4.78, 5) is 26.7. The Morgan fingerprint density at radius 3 is 2.52 bits per heavy atom. The Balaban J connectivity index is 1.78.